The Hall–Kier alpha value is -2.63. The second-order valence-electron chi connectivity index (χ2n) is 4.80. The Balaban J connectivity index is 1.92. The van der Waals surface area contributed by atoms with Gasteiger partial charge < -0.3 is 10.1 Å². The van der Waals surface area contributed by atoms with Gasteiger partial charge in [-0.15, -0.1) is 0 Å². The number of nitrogens with zero attached hydrogens (tertiary/aromatic N) is 1. The first-order valence-corrected chi connectivity index (χ1v) is 6.64. The van der Waals surface area contributed by atoms with E-state index in [1.54, 1.807) is 0 Å². The molecule has 2 aromatic rings. The Morgan fingerprint density at radius 3 is 2.52 bits per heavy atom. The van der Waals surface area contributed by atoms with Gasteiger partial charge in [0.25, 0.3) is 11.5 Å². The van der Waals surface area contributed by atoms with Crippen molar-refractivity contribution in [2.45, 2.75) is 26.5 Å². The minimum Gasteiger partial charge on any atom is -0.491 e. The molecule has 1 heterocycles. The molecule has 0 saturated heterocycles. The van der Waals surface area contributed by atoms with Gasteiger partial charge in [-0.05, 0) is 37.6 Å². The Bertz CT molecular complexity index is 642. The van der Waals surface area contributed by atoms with Crippen LogP contribution in [0.1, 0.15) is 29.9 Å². The topological polar surface area (TPSA) is 84.1 Å². The number of aromatic amines is 1. The van der Waals surface area contributed by atoms with Crippen LogP contribution in [0.5, 0.6) is 5.75 Å². The predicted molar refractivity (Wildman–Crippen MR) is 78.2 cm³/mol. The maximum absolute atomic E-state index is 11.8. The van der Waals surface area contributed by atoms with Crippen LogP contribution in [0.2, 0.25) is 0 Å². The fourth-order valence-corrected chi connectivity index (χ4v) is 1.70. The van der Waals surface area contributed by atoms with E-state index in [0.717, 1.165) is 11.3 Å². The third kappa shape index (κ3) is 4.45. The van der Waals surface area contributed by atoms with E-state index >= 15 is 0 Å². The molecule has 0 aliphatic carbocycles. The van der Waals surface area contributed by atoms with Gasteiger partial charge in [-0.25, -0.2) is 5.10 Å². The van der Waals surface area contributed by atoms with Crippen LogP contribution in [-0.4, -0.2) is 22.2 Å². The molecule has 2 N–H and O–H groups in total. The maximum Gasteiger partial charge on any atom is 0.271 e. The molecule has 0 aliphatic heterocycles. The quantitative estimate of drug-likeness (QED) is 0.872. The van der Waals surface area contributed by atoms with Crippen LogP contribution in [0.3, 0.4) is 0 Å². The molecule has 21 heavy (non-hydrogen) atoms. The van der Waals surface area contributed by atoms with Crippen LogP contribution in [0.4, 0.5) is 0 Å². The maximum atomic E-state index is 11.8. The van der Waals surface area contributed by atoms with E-state index in [1.807, 2.05) is 38.1 Å². The van der Waals surface area contributed by atoms with Crippen LogP contribution < -0.4 is 15.6 Å². The number of hydrogen-bond donors (Lipinski definition) is 2. The fourth-order valence-electron chi connectivity index (χ4n) is 1.70. The van der Waals surface area contributed by atoms with E-state index in [0.29, 0.717) is 6.54 Å². The zero-order chi connectivity index (χ0) is 15.2. The number of carbonyl (C=O) groups excluding carboxylic acids is 1. The standard InChI is InChI=1S/C15H17N3O3/c1-10(2)21-12-5-3-11(4-6-12)9-16-15(20)13-7-8-14(19)18-17-13/h3-8,10H,9H2,1-2H3,(H,16,20)(H,18,19). The molecule has 0 radical (unpaired) electrons. The van der Waals surface area contributed by atoms with Crippen LogP contribution in [-0.2, 0) is 6.54 Å². The van der Waals surface area contributed by atoms with Gasteiger partial charge in [0.1, 0.15) is 11.4 Å². The van der Waals surface area contributed by atoms with Gasteiger partial charge in [0.2, 0.25) is 0 Å². The van der Waals surface area contributed by atoms with E-state index in [4.69, 9.17) is 4.74 Å². The van der Waals surface area contributed by atoms with E-state index in [2.05, 4.69) is 15.5 Å². The van der Waals surface area contributed by atoms with Gasteiger partial charge in [-0.3, -0.25) is 9.59 Å². The van der Waals surface area contributed by atoms with Gasteiger partial charge in [0, 0.05) is 12.6 Å². The highest BCUT2D eigenvalue weighted by Gasteiger charge is 2.07. The number of benzene rings is 1. The number of amides is 1. The summed E-state index contributed by atoms with van der Waals surface area (Å²) in [5.74, 6) is 0.455. The normalized spacial score (nSPS) is 10.4. The summed E-state index contributed by atoms with van der Waals surface area (Å²) in [5.41, 5.74) is 0.783. The molecule has 0 fully saturated rings. The number of nitrogens with one attached hydrogen (secondary N) is 2. The van der Waals surface area contributed by atoms with Crippen molar-refractivity contribution in [3.05, 3.63) is 58.0 Å². The Morgan fingerprint density at radius 1 is 1.24 bits per heavy atom. The zero-order valence-corrected chi connectivity index (χ0v) is 11.9. The summed E-state index contributed by atoms with van der Waals surface area (Å²) < 4.78 is 5.54. The van der Waals surface area contributed by atoms with Crippen molar-refractivity contribution in [1.29, 1.82) is 0 Å². The molecule has 0 spiro atoms. The van der Waals surface area contributed by atoms with Gasteiger partial charge in [-0.2, -0.15) is 5.10 Å². The highest BCUT2D eigenvalue weighted by Crippen LogP contribution is 2.13. The molecular weight excluding hydrogens is 270 g/mol. The smallest absolute Gasteiger partial charge is 0.271 e. The minimum atomic E-state index is -0.340. The number of carbonyl (C=O) groups is 1. The Kier molecular flexibility index (Phi) is 4.71. The lowest BCUT2D eigenvalue weighted by atomic mass is 10.2. The van der Waals surface area contributed by atoms with Crippen molar-refractivity contribution in [2.24, 2.45) is 0 Å². The number of ether oxygens (including phenoxy) is 1. The lowest BCUT2D eigenvalue weighted by Crippen LogP contribution is -2.25. The van der Waals surface area contributed by atoms with Crippen LogP contribution >= 0.6 is 0 Å². The lowest BCUT2D eigenvalue weighted by molar-refractivity contribution is 0.0945. The summed E-state index contributed by atoms with van der Waals surface area (Å²) >= 11 is 0. The van der Waals surface area contributed by atoms with E-state index in [1.165, 1.54) is 12.1 Å². The van der Waals surface area contributed by atoms with Gasteiger partial charge in [0.15, 0.2) is 0 Å². The predicted octanol–water partition coefficient (Wildman–Crippen LogP) is 1.49. The number of aromatic nitrogens is 2. The molecule has 0 atom stereocenters. The molecule has 6 heteroatoms. The Morgan fingerprint density at radius 2 is 1.95 bits per heavy atom. The third-order valence-electron chi connectivity index (χ3n) is 2.66. The molecule has 0 aliphatic rings. The van der Waals surface area contributed by atoms with E-state index in [-0.39, 0.29) is 23.3 Å². The van der Waals surface area contributed by atoms with Crippen molar-refractivity contribution in [1.82, 2.24) is 15.5 Å². The van der Waals surface area contributed by atoms with E-state index < -0.39 is 0 Å². The summed E-state index contributed by atoms with van der Waals surface area (Å²) in [6.07, 6.45) is 0.127. The average molecular weight is 287 g/mol. The van der Waals surface area contributed by atoms with Gasteiger partial charge in [-0.1, -0.05) is 12.1 Å². The van der Waals surface area contributed by atoms with Crippen LogP contribution in [0.25, 0.3) is 0 Å². The van der Waals surface area contributed by atoms with Gasteiger partial charge >= 0.3 is 0 Å². The van der Waals surface area contributed by atoms with Crippen molar-refractivity contribution >= 4 is 5.91 Å². The number of H-pyrrole nitrogens is 1. The molecule has 6 nitrogen and oxygen atoms in total. The highest BCUT2D eigenvalue weighted by molar-refractivity contribution is 5.91. The SMILES string of the molecule is CC(C)Oc1ccc(CNC(=O)c2ccc(=O)[nH]n2)cc1. The molecular formula is C15H17N3O3. The second kappa shape index (κ2) is 6.69. The second-order valence-corrected chi connectivity index (χ2v) is 4.80. The minimum absolute atomic E-state index is 0.127. The molecule has 1 aromatic heterocycles. The summed E-state index contributed by atoms with van der Waals surface area (Å²) in [7, 11) is 0. The van der Waals surface area contributed by atoms with Gasteiger partial charge in [0.05, 0.1) is 6.10 Å². The first-order valence-electron chi connectivity index (χ1n) is 6.64. The molecule has 1 aromatic carbocycles. The summed E-state index contributed by atoms with van der Waals surface area (Å²) in [6.45, 7) is 4.30. The first kappa shape index (κ1) is 14.8. The van der Waals surface area contributed by atoms with Crippen LogP contribution in [0.15, 0.2) is 41.2 Å². The highest BCUT2D eigenvalue weighted by atomic mass is 16.5. The number of rotatable bonds is 5. The molecule has 2 rings (SSSR count). The average Bonchev–Trinajstić information content (AvgIpc) is 2.46. The Labute approximate surface area is 122 Å². The molecule has 0 saturated carbocycles. The first-order chi connectivity index (χ1) is 10.0. The number of hydrogen-bond acceptors (Lipinski definition) is 4. The van der Waals surface area contributed by atoms with Crippen molar-refractivity contribution < 1.29 is 9.53 Å². The molecule has 1 amide bonds. The molecule has 0 bridgehead atoms. The molecule has 110 valence electrons. The summed E-state index contributed by atoms with van der Waals surface area (Å²) in [5, 5.41) is 8.62. The fraction of sp³-hybridized carbons (Fsp3) is 0.267. The lowest BCUT2D eigenvalue weighted by Gasteiger charge is -2.10. The zero-order valence-electron chi connectivity index (χ0n) is 11.9. The third-order valence-corrected chi connectivity index (χ3v) is 2.66. The summed E-state index contributed by atoms with van der Waals surface area (Å²) in [6, 6.07) is 10.1. The largest absolute Gasteiger partial charge is 0.491 e. The van der Waals surface area contributed by atoms with E-state index in [9.17, 15) is 9.59 Å². The van der Waals surface area contributed by atoms with Crippen molar-refractivity contribution in [3.63, 3.8) is 0 Å². The monoisotopic (exact) mass is 287 g/mol. The summed E-state index contributed by atoms with van der Waals surface area (Å²) in [4.78, 5) is 22.7. The van der Waals surface area contributed by atoms with Crippen LogP contribution in [0, 0.1) is 0 Å². The molecule has 0 unspecified atom stereocenters. The van der Waals surface area contributed by atoms with Crippen molar-refractivity contribution in [3.8, 4) is 5.75 Å². The van der Waals surface area contributed by atoms with Crippen molar-refractivity contribution in [2.75, 3.05) is 0 Å².